The molecule has 0 spiro atoms. The Morgan fingerprint density at radius 2 is 1.89 bits per heavy atom. The molecule has 0 radical (unpaired) electrons. The monoisotopic (exact) mass is 453 g/mol. The van der Waals surface area contributed by atoms with Crippen molar-refractivity contribution in [1.82, 2.24) is 9.55 Å². The molecular weight excluding hydrogens is 441 g/mol. The van der Waals surface area contributed by atoms with Gasteiger partial charge in [-0.05, 0) is 24.3 Å². The predicted octanol–water partition coefficient (Wildman–Crippen LogP) is 5.27. The van der Waals surface area contributed by atoms with Crippen molar-refractivity contribution in [3.63, 3.8) is 0 Å². The molecule has 5 nitrogen and oxygen atoms in total. The molecule has 0 bridgehead atoms. The molecule has 28 heavy (non-hydrogen) atoms. The molecule has 0 saturated carbocycles. The van der Waals surface area contributed by atoms with Crippen LogP contribution in [0, 0.1) is 0 Å². The first-order chi connectivity index (χ1) is 13.4. The van der Waals surface area contributed by atoms with E-state index in [2.05, 4.69) is 16.9 Å². The van der Waals surface area contributed by atoms with Gasteiger partial charge in [0.1, 0.15) is 0 Å². The van der Waals surface area contributed by atoms with Crippen LogP contribution in [0.4, 0.5) is 5.69 Å². The van der Waals surface area contributed by atoms with E-state index in [1.54, 1.807) is 30.3 Å². The number of nitrogens with zero attached hydrogens (tertiary/aromatic N) is 2. The zero-order valence-corrected chi connectivity index (χ0v) is 17.5. The van der Waals surface area contributed by atoms with Gasteiger partial charge in [-0.2, -0.15) is 0 Å². The second-order valence-electron chi connectivity index (χ2n) is 5.70. The second-order valence-corrected chi connectivity index (χ2v) is 7.86. The van der Waals surface area contributed by atoms with Crippen molar-refractivity contribution < 1.29 is 4.79 Å². The molecule has 1 heterocycles. The van der Waals surface area contributed by atoms with Crippen molar-refractivity contribution in [2.75, 3.05) is 11.1 Å². The molecule has 1 N–H and O–H groups in total. The summed E-state index contributed by atoms with van der Waals surface area (Å²) in [5.41, 5.74) is 0.751. The highest BCUT2D eigenvalue weighted by Gasteiger charge is 2.14. The van der Waals surface area contributed by atoms with Gasteiger partial charge in [0.25, 0.3) is 5.56 Å². The lowest BCUT2D eigenvalue weighted by molar-refractivity contribution is -0.113. The number of rotatable bonds is 6. The molecule has 2 aromatic carbocycles. The number of carbonyl (C=O) groups is 1. The van der Waals surface area contributed by atoms with Gasteiger partial charge in [0.2, 0.25) is 5.91 Å². The van der Waals surface area contributed by atoms with Crippen molar-refractivity contribution in [2.24, 2.45) is 0 Å². The number of para-hydroxylation sites is 1. The van der Waals surface area contributed by atoms with Gasteiger partial charge in [-0.3, -0.25) is 14.2 Å². The average molecular weight is 455 g/mol. The van der Waals surface area contributed by atoms with E-state index in [0.717, 1.165) is 11.8 Å². The maximum Gasteiger partial charge on any atom is 0.262 e. The maximum absolute atomic E-state index is 12.7. The zero-order chi connectivity index (χ0) is 20.3. The first kappa shape index (κ1) is 20.7. The Hall–Kier alpha value is -1.99. The van der Waals surface area contributed by atoms with Crippen LogP contribution < -0.4 is 10.9 Å². The third-order valence-corrected chi connectivity index (χ3v) is 5.77. The van der Waals surface area contributed by atoms with Gasteiger partial charge in [0.15, 0.2) is 5.16 Å². The fourth-order valence-electron chi connectivity index (χ4n) is 2.48. The number of allylic oxidation sites excluding steroid dienone is 1. The summed E-state index contributed by atoms with van der Waals surface area (Å²) in [5.74, 6) is -0.295. The van der Waals surface area contributed by atoms with Crippen LogP contribution in [0.5, 0.6) is 0 Å². The average Bonchev–Trinajstić information content (AvgIpc) is 2.67. The summed E-state index contributed by atoms with van der Waals surface area (Å²) in [4.78, 5) is 29.6. The summed E-state index contributed by atoms with van der Waals surface area (Å²) < 4.78 is 1.49. The fraction of sp³-hybridized carbons (Fsp3) is 0.105. The lowest BCUT2D eigenvalue weighted by atomic mass is 10.2. The van der Waals surface area contributed by atoms with Crippen LogP contribution in [-0.2, 0) is 11.3 Å². The number of hydrogen-bond acceptors (Lipinski definition) is 4. The van der Waals surface area contributed by atoms with Gasteiger partial charge in [-0.1, -0.05) is 64.8 Å². The topological polar surface area (TPSA) is 64.0 Å². The highest BCUT2D eigenvalue weighted by molar-refractivity contribution is 7.99. The van der Waals surface area contributed by atoms with Crippen LogP contribution in [0.2, 0.25) is 15.1 Å². The molecule has 0 aliphatic carbocycles. The van der Waals surface area contributed by atoms with Crippen LogP contribution >= 0.6 is 46.6 Å². The number of benzene rings is 2. The Labute approximate surface area is 180 Å². The molecule has 3 aromatic rings. The van der Waals surface area contributed by atoms with E-state index in [9.17, 15) is 9.59 Å². The number of halogens is 3. The number of aromatic nitrogens is 2. The molecule has 0 saturated heterocycles. The Bertz CT molecular complexity index is 1130. The summed E-state index contributed by atoms with van der Waals surface area (Å²) in [6.07, 6.45) is 1.61. The van der Waals surface area contributed by atoms with Crippen LogP contribution in [0.25, 0.3) is 10.9 Å². The van der Waals surface area contributed by atoms with Crippen LogP contribution in [0.1, 0.15) is 0 Å². The SMILES string of the molecule is C=CCn1c(SCC(=O)Nc2cc(Cl)c(Cl)cc2Cl)nc2ccccc2c1=O. The highest BCUT2D eigenvalue weighted by atomic mass is 35.5. The fourth-order valence-corrected chi connectivity index (χ4v) is 3.89. The standard InChI is InChI=1S/C19H14Cl3N3O2S/c1-2-7-25-18(27)11-5-3-4-6-15(11)24-19(25)28-10-17(26)23-16-9-13(21)12(20)8-14(16)22/h2-6,8-9H,1,7,10H2,(H,23,26). The van der Waals surface area contributed by atoms with E-state index in [-0.39, 0.29) is 27.3 Å². The molecule has 0 atom stereocenters. The number of hydrogen-bond donors (Lipinski definition) is 1. The molecule has 1 aromatic heterocycles. The smallest absolute Gasteiger partial charge is 0.262 e. The van der Waals surface area contributed by atoms with Crippen molar-refractivity contribution >= 4 is 69.1 Å². The first-order valence-corrected chi connectivity index (χ1v) is 10.2. The van der Waals surface area contributed by atoms with Gasteiger partial charge in [-0.25, -0.2) is 4.98 Å². The van der Waals surface area contributed by atoms with E-state index >= 15 is 0 Å². The molecule has 0 aliphatic rings. The van der Waals surface area contributed by atoms with Crippen molar-refractivity contribution in [2.45, 2.75) is 11.7 Å². The number of anilines is 1. The Morgan fingerprint density at radius 3 is 2.64 bits per heavy atom. The Kier molecular flexibility index (Phi) is 6.67. The summed E-state index contributed by atoms with van der Waals surface area (Å²) in [6.45, 7) is 3.97. The quantitative estimate of drug-likeness (QED) is 0.238. The number of carbonyl (C=O) groups excluding carboxylic acids is 1. The summed E-state index contributed by atoms with van der Waals surface area (Å²) in [7, 11) is 0. The van der Waals surface area contributed by atoms with Crippen LogP contribution in [-0.4, -0.2) is 21.2 Å². The molecule has 0 unspecified atom stereocenters. The van der Waals surface area contributed by atoms with E-state index in [4.69, 9.17) is 34.8 Å². The number of amides is 1. The lowest BCUT2D eigenvalue weighted by Crippen LogP contribution is -2.23. The van der Waals surface area contributed by atoms with Crippen molar-refractivity contribution in [3.05, 3.63) is 74.5 Å². The molecule has 0 fully saturated rings. The van der Waals surface area contributed by atoms with E-state index in [1.807, 2.05) is 0 Å². The minimum absolute atomic E-state index is 0.0263. The van der Waals surface area contributed by atoms with E-state index in [0.29, 0.717) is 33.3 Å². The second kappa shape index (κ2) is 9.01. The summed E-state index contributed by atoms with van der Waals surface area (Å²) in [6, 6.07) is 10.0. The van der Waals surface area contributed by atoms with Crippen molar-refractivity contribution in [3.8, 4) is 0 Å². The predicted molar refractivity (Wildman–Crippen MR) is 117 cm³/mol. The number of fused-ring (bicyclic) bond motifs is 1. The largest absolute Gasteiger partial charge is 0.324 e. The molecule has 0 aliphatic heterocycles. The third-order valence-electron chi connectivity index (χ3n) is 3.75. The van der Waals surface area contributed by atoms with E-state index < -0.39 is 0 Å². The molecule has 3 rings (SSSR count). The van der Waals surface area contributed by atoms with Crippen molar-refractivity contribution in [1.29, 1.82) is 0 Å². The number of thioether (sulfide) groups is 1. The normalized spacial score (nSPS) is 10.8. The minimum Gasteiger partial charge on any atom is -0.324 e. The third kappa shape index (κ3) is 4.52. The van der Waals surface area contributed by atoms with Gasteiger partial charge in [-0.15, -0.1) is 6.58 Å². The summed E-state index contributed by atoms with van der Waals surface area (Å²) in [5, 5.41) is 4.49. The minimum atomic E-state index is -0.321. The van der Waals surface area contributed by atoms with Gasteiger partial charge >= 0.3 is 0 Å². The van der Waals surface area contributed by atoms with Gasteiger partial charge < -0.3 is 5.32 Å². The number of nitrogens with one attached hydrogen (secondary N) is 1. The Morgan fingerprint density at radius 1 is 1.18 bits per heavy atom. The van der Waals surface area contributed by atoms with E-state index in [1.165, 1.54) is 16.7 Å². The van der Waals surface area contributed by atoms with Crippen LogP contribution in [0.15, 0.2) is 59.0 Å². The van der Waals surface area contributed by atoms with Crippen LogP contribution in [0.3, 0.4) is 0 Å². The maximum atomic E-state index is 12.7. The molecule has 144 valence electrons. The lowest BCUT2D eigenvalue weighted by Gasteiger charge is -2.12. The highest BCUT2D eigenvalue weighted by Crippen LogP contribution is 2.32. The Balaban J connectivity index is 1.82. The first-order valence-electron chi connectivity index (χ1n) is 8.08. The molecular formula is C19H14Cl3N3O2S. The molecule has 9 heteroatoms. The molecule has 1 amide bonds. The summed E-state index contributed by atoms with van der Waals surface area (Å²) >= 11 is 19.1. The van der Waals surface area contributed by atoms with Gasteiger partial charge in [0.05, 0.1) is 37.4 Å². The van der Waals surface area contributed by atoms with Gasteiger partial charge in [0, 0.05) is 6.54 Å². The zero-order valence-electron chi connectivity index (χ0n) is 14.4.